The zero-order valence-corrected chi connectivity index (χ0v) is 31.6. The van der Waals surface area contributed by atoms with Crippen molar-refractivity contribution >= 4 is 22.7 Å². The molecular weight excluding hydrogens is 740 g/mol. The summed E-state index contributed by atoms with van der Waals surface area (Å²) in [4.78, 5) is 11.4. The van der Waals surface area contributed by atoms with Gasteiger partial charge in [-0.3, -0.25) is 0 Å². The molecule has 6 aromatic carbocycles. The topological polar surface area (TPSA) is 58.5 Å². The van der Waals surface area contributed by atoms with E-state index in [9.17, 15) is 17.6 Å². The molecule has 11 heteroatoms. The molecule has 2 aromatic heterocycles. The van der Waals surface area contributed by atoms with Gasteiger partial charge in [0, 0.05) is 34.6 Å². The Hall–Kier alpha value is -5.97. The molecule has 6 nitrogen and oxygen atoms in total. The second kappa shape index (κ2) is 21.7. The Morgan fingerprint density at radius 3 is 1.18 bits per heavy atom. The van der Waals surface area contributed by atoms with Gasteiger partial charge in [0.05, 0.1) is 25.5 Å². The Labute approximate surface area is 333 Å². The smallest absolute Gasteiger partial charge is 0.447 e. The van der Waals surface area contributed by atoms with Crippen molar-refractivity contribution < 1.29 is 48.1 Å². The molecule has 0 atom stereocenters. The molecule has 0 radical (unpaired) electrons. The van der Waals surface area contributed by atoms with E-state index in [1.54, 1.807) is 9.80 Å². The van der Waals surface area contributed by atoms with Gasteiger partial charge in [0.15, 0.2) is 0 Å². The SMILES string of the molecule is Cc1ccc(N(Cc2ncco2)c2ccc(F)[c-]c2F)cc1.Cc1ccc(N(Cc2ncco2)c2ccc(F)[c-]c2F)cc1.[Ti+4].c1cc[cH-]c1.c1cc[cH-]c1. The zero-order valence-electron chi connectivity index (χ0n) is 30.0. The fourth-order valence-corrected chi connectivity index (χ4v) is 4.94. The molecule has 0 saturated heterocycles. The third-order valence-corrected chi connectivity index (χ3v) is 7.62. The van der Waals surface area contributed by atoms with Gasteiger partial charge in [-0.25, -0.2) is 51.8 Å². The van der Waals surface area contributed by atoms with E-state index < -0.39 is 23.3 Å². The third-order valence-electron chi connectivity index (χ3n) is 7.62. The van der Waals surface area contributed by atoms with E-state index >= 15 is 0 Å². The van der Waals surface area contributed by atoms with Gasteiger partial charge < -0.3 is 18.6 Å². The Morgan fingerprint density at radius 1 is 0.545 bits per heavy atom. The number of aromatic nitrogens is 2. The van der Waals surface area contributed by atoms with Gasteiger partial charge in [-0.2, -0.15) is 36.4 Å². The minimum Gasteiger partial charge on any atom is -0.447 e. The monoisotopic (exact) mass is 776 g/mol. The summed E-state index contributed by atoms with van der Waals surface area (Å²) in [6, 6.07) is 44.3. The number of hydrogen-bond acceptors (Lipinski definition) is 6. The summed E-state index contributed by atoms with van der Waals surface area (Å²) in [6.07, 6.45) is 5.96. The molecular formula is C44H36F4N4O2Ti. The maximum atomic E-state index is 14.1. The fraction of sp³-hybridized carbons (Fsp3) is 0.0909. The largest absolute Gasteiger partial charge is 4.00 e. The van der Waals surface area contributed by atoms with E-state index in [-0.39, 0.29) is 46.2 Å². The summed E-state index contributed by atoms with van der Waals surface area (Å²) >= 11 is 0. The van der Waals surface area contributed by atoms with Gasteiger partial charge in [-0.1, -0.05) is 35.4 Å². The van der Waals surface area contributed by atoms with Crippen molar-refractivity contribution in [2.45, 2.75) is 26.9 Å². The van der Waals surface area contributed by atoms with Crippen LogP contribution in [-0.4, -0.2) is 9.97 Å². The van der Waals surface area contributed by atoms with Crippen LogP contribution in [0, 0.1) is 49.2 Å². The minimum atomic E-state index is -0.757. The molecule has 0 aliphatic carbocycles. The molecule has 0 aliphatic rings. The van der Waals surface area contributed by atoms with E-state index in [0.29, 0.717) is 11.8 Å². The first-order valence-electron chi connectivity index (χ1n) is 16.8. The van der Waals surface area contributed by atoms with Crippen LogP contribution in [0.2, 0.25) is 0 Å². The quantitative estimate of drug-likeness (QED) is 0.0870. The third kappa shape index (κ3) is 13.1. The van der Waals surface area contributed by atoms with Crippen LogP contribution in [0.5, 0.6) is 0 Å². The van der Waals surface area contributed by atoms with Crippen molar-refractivity contribution in [2.75, 3.05) is 9.80 Å². The second-order valence-corrected chi connectivity index (χ2v) is 11.6. The summed E-state index contributed by atoms with van der Waals surface area (Å²) in [5.41, 5.74) is 4.11. The predicted octanol–water partition coefficient (Wildman–Crippen LogP) is 11.6. The Morgan fingerprint density at radius 2 is 0.909 bits per heavy atom. The van der Waals surface area contributed by atoms with Crippen molar-refractivity contribution in [3.05, 3.63) is 217 Å². The van der Waals surface area contributed by atoms with Crippen LogP contribution in [0.4, 0.5) is 40.3 Å². The summed E-state index contributed by atoms with van der Waals surface area (Å²) < 4.78 is 64.9. The summed E-state index contributed by atoms with van der Waals surface area (Å²) in [6.45, 7) is 4.39. The molecule has 0 saturated carbocycles. The summed E-state index contributed by atoms with van der Waals surface area (Å²) in [7, 11) is 0. The first kappa shape index (κ1) is 41.8. The molecule has 0 aliphatic heterocycles. The van der Waals surface area contributed by atoms with E-state index in [1.807, 2.05) is 123 Å². The van der Waals surface area contributed by atoms with Gasteiger partial charge in [-0.05, 0) is 49.5 Å². The van der Waals surface area contributed by atoms with Crippen LogP contribution in [-0.2, 0) is 34.8 Å². The van der Waals surface area contributed by atoms with Crippen molar-refractivity contribution in [3.63, 3.8) is 0 Å². The Kier molecular flexibility index (Phi) is 16.5. The molecule has 8 rings (SSSR count). The fourth-order valence-electron chi connectivity index (χ4n) is 4.94. The molecule has 0 N–H and O–H groups in total. The van der Waals surface area contributed by atoms with Crippen LogP contribution < -0.4 is 9.80 Å². The van der Waals surface area contributed by atoms with Crippen LogP contribution in [0.1, 0.15) is 22.9 Å². The van der Waals surface area contributed by atoms with Crippen molar-refractivity contribution in [2.24, 2.45) is 0 Å². The van der Waals surface area contributed by atoms with Gasteiger partial charge in [0.2, 0.25) is 11.8 Å². The average molecular weight is 777 g/mol. The number of hydrogen-bond donors (Lipinski definition) is 0. The average Bonchev–Trinajstić information content (AvgIpc) is 4.02. The minimum absolute atomic E-state index is 0. The first-order valence-corrected chi connectivity index (χ1v) is 16.8. The molecule has 0 bridgehead atoms. The molecule has 0 unspecified atom stereocenters. The zero-order chi connectivity index (χ0) is 38.1. The molecule has 276 valence electrons. The van der Waals surface area contributed by atoms with E-state index in [2.05, 4.69) is 22.1 Å². The van der Waals surface area contributed by atoms with Crippen LogP contribution >= 0.6 is 0 Å². The van der Waals surface area contributed by atoms with Crippen molar-refractivity contribution in [1.29, 1.82) is 0 Å². The van der Waals surface area contributed by atoms with E-state index in [0.717, 1.165) is 22.5 Å². The van der Waals surface area contributed by atoms with Crippen molar-refractivity contribution in [1.82, 2.24) is 9.97 Å². The number of nitrogens with zero attached hydrogens (tertiary/aromatic N) is 4. The maximum absolute atomic E-state index is 14.1. The van der Waals surface area contributed by atoms with Gasteiger partial charge in [0.25, 0.3) is 0 Å². The number of benzene rings is 4. The number of halogens is 4. The maximum Gasteiger partial charge on any atom is 4.00 e. The summed E-state index contributed by atoms with van der Waals surface area (Å²) in [5, 5.41) is 0. The van der Waals surface area contributed by atoms with Crippen LogP contribution in [0.3, 0.4) is 0 Å². The normalized spacial score (nSPS) is 10.0. The van der Waals surface area contributed by atoms with Crippen molar-refractivity contribution in [3.8, 4) is 0 Å². The molecule has 0 spiro atoms. The summed E-state index contributed by atoms with van der Waals surface area (Å²) in [5.74, 6) is -2.12. The molecule has 2 heterocycles. The number of rotatable bonds is 8. The molecule has 0 amide bonds. The standard InChI is InChI=1S/2C17H13F2N2O.2C5H5.Ti/c2*1-12-2-5-14(6-3-12)21(11-17-20-8-9-22-17)16-7-4-13(18)10-15(16)19;2*1-2-4-5-3-1;/h2*2-9H,11H2,1H3;2*1-5H;/q4*-1;+4. The first-order chi connectivity index (χ1) is 26.3. The van der Waals surface area contributed by atoms with Gasteiger partial charge in [0.1, 0.15) is 12.5 Å². The van der Waals surface area contributed by atoms with Gasteiger partial charge in [-0.15, -0.1) is 36.4 Å². The van der Waals surface area contributed by atoms with E-state index in [4.69, 9.17) is 8.83 Å². The Bertz CT molecular complexity index is 2000. The number of oxazole rings is 2. The second-order valence-electron chi connectivity index (χ2n) is 11.6. The number of anilines is 4. The molecule has 8 aromatic rings. The van der Waals surface area contributed by atoms with E-state index in [1.165, 1.54) is 49.2 Å². The molecule has 0 fully saturated rings. The Balaban J connectivity index is 0.000000192. The van der Waals surface area contributed by atoms with Gasteiger partial charge >= 0.3 is 21.7 Å². The number of aryl methyl sites for hydroxylation is 2. The van der Waals surface area contributed by atoms with Crippen LogP contribution in [0.25, 0.3) is 0 Å². The predicted molar refractivity (Wildman–Crippen MR) is 202 cm³/mol. The van der Waals surface area contributed by atoms with Crippen LogP contribution in [0.15, 0.2) is 167 Å². The molecule has 55 heavy (non-hydrogen) atoms.